The van der Waals surface area contributed by atoms with Crippen molar-refractivity contribution in [3.8, 4) is 11.1 Å². The number of rotatable bonds is 2. The molecular formula is C13H11BrClN. The van der Waals surface area contributed by atoms with Crippen LogP contribution in [0.2, 0.25) is 5.15 Å². The molecular weight excluding hydrogens is 286 g/mol. The van der Waals surface area contributed by atoms with E-state index in [4.69, 9.17) is 11.6 Å². The van der Waals surface area contributed by atoms with Crippen LogP contribution in [0.25, 0.3) is 11.1 Å². The molecule has 1 aromatic carbocycles. The Morgan fingerprint density at radius 2 is 2.12 bits per heavy atom. The number of aryl methyl sites for hydroxylation is 1. The van der Waals surface area contributed by atoms with Crippen molar-refractivity contribution in [1.82, 2.24) is 4.98 Å². The Balaban J connectivity index is 2.58. The van der Waals surface area contributed by atoms with Gasteiger partial charge in [-0.05, 0) is 39.5 Å². The summed E-state index contributed by atoms with van der Waals surface area (Å²) in [4.78, 5) is 4.11. The predicted octanol–water partition coefficient (Wildman–Crippen LogP) is 4.73. The number of hydrogen-bond donors (Lipinski definition) is 0. The monoisotopic (exact) mass is 295 g/mol. The molecule has 0 amide bonds. The number of nitrogens with zero attached hydrogens (tertiary/aromatic N) is 1. The van der Waals surface area contributed by atoms with Gasteiger partial charge in [0.1, 0.15) is 5.15 Å². The van der Waals surface area contributed by atoms with Crippen LogP contribution in [0, 0.1) is 0 Å². The van der Waals surface area contributed by atoms with E-state index in [1.165, 1.54) is 5.56 Å². The molecule has 0 atom stereocenters. The molecule has 0 saturated carbocycles. The summed E-state index contributed by atoms with van der Waals surface area (Å²) >= 11 is 9.62. The van der Waals surface area contributed by atoms with Crippen molar-refractivity contribution < 1.29 is 0 Å². The molecule has 0 aliphatic rings. The fourth-order valence-corrected chi connectivity index (χ4v) is 2.53. The highest BCUT2D eigenvalue weighted by Crippen LogP contribution is 2.33. The molecule has 0 spiro atoms. The Labute approximate surface area is 109 Å². The van der Waals surface area contributed by atoms with Crippen LogP contribution in [0.3, 0.4) is 0 Å². The summed E-state index contributed by atoms with van der Waals surface area (Å²) in [6.07, 6.45) is 2.71. The molecule has 1 heterocycles. The summed E-state index contributed by atoms with van der Waals surface area (Å²) in [5.41, 5.74) is 3.35. The van der Waals surface area contributed by atoms with Gasteiger partial charge in [0.25, 0.3) is 0 Å². The number of halogens is 2. The highest BCUT2D eigenvalue weighted by atomic mass is 79.9. The van der Waals surface area contributed by atoms with Crippen molar-refractivity contribution in [3.63, 3.8) is 0 Å². The lowest BCUT2D eigenvalue weighted by molar-refractivity contribution is 1.14. The van der Waals surface area contributed by atoms with Crippen LogP contribution in [0.15, 0.2) is 41.0 Å². The molecule has 2 rings (SSSR count). The molecule has 0 radical (unpaired) electrons. The summed E-state index contributed by atoms with van der Waals surface area (Å²) in [5, 5.41) is 0.530. The third-order valence-corrected chi connectivity index (χ3v) is 3.43. The second-order valence-corrected chi connectivity index (χ2v) is 4.72. The van der Waals surface area contributed by atoms with Gasteiger partial charge in [-0.1, -0.05) is 42.8 Å². The van der Waals surface area contributed by atoms with E-state index in [-0.39, 0.29) is 0 Å². The SMILES string of the molecule is CCc1cccc(-c2c(Br)ccnc2Cl)c1. The van der Waals surface area contributed by atoms with Crippen LogP contribution in [0.1, 0.15) is 12.5 Å². The largest absolute Gasteiger partial charge is 0.244 e. The topological polar surface area (TPSA) is 12.9 Å². The quantitative estimate of drug-likeness (QED) is 0.730. The minimum Gasteiger partial charge on any atom is -0.244 e. The van der Waals surface area contributed by atoms with Crippen LogP contribution in [-0.2, 0) is 6.42 Å². The number of aromatic nitrogens is 1. The lowest BCUT2D eigenvalue weighted by Gasteiger charge is -2.07. The van der Waals surface area contributed by atoms with Crippen molar-refractivity contribution in [3.05, 3.63) is 51.7 Å². The highest BCUT2D eigenvalue weighted by molar-refractivity contribution is 9.10. The summed E-state index contributed by atoms with van der Waals surface area (Å²) < 4.78 is 0.973. The Morgan fingerprint density at radius 1 is 1.31 bits per heavy atom. The number of pyridine rings is 1. The Hall–Kier alpha value is -0.860. The number of hydrogen-bond acceptors (Lipinski definition) is 1. The average Bonchev–Trinajstić information content (AvgIpc) is 2.29. The smallest absolute Gasteiger partial charge is 0.137 e. The van der Waals surface area contributed by atoms with Crippen LogP contribution in [0.5, 0.6) is 0 Å². The molecule has 82 valence electrons. The molecule has 0 fully saturated rings. The first-order chi connectivity index (χ1) is 7.72. The Bertz CT molecular complexity index is 491. The molecule has 1 aromatic heterocycles. The summed E-state index contributed by atoms with van der Waals surface area (Å²) in [5.74, 6) is 0. The van der Waals surface area contributed by atoms with Gasteiger partial charge in [0.15, 0.2) is 0 Å². The first-order valence-corrected chi connectivity index (χ1v) is 6.28. The zero-order valence-corrected chi connectivity index (χ0v) is 11.2. The minimum absolute atomic E-state index is 0.530. The molecule has 0 N–H and O–H groups in total. The fourth-order valence-electron chi connectivity index (χ4n) is 1.62. The summed E-state index contributed by atoms with van der Waals surface area (Å²) in [7, 11) is 0. The van der Waals surface area contributed by atoms with Crippen LogP contribution in [0.4, 0.5) is 0 Å². The summed E-state index contributed by atoms with van der Waals surface area (Å²) in [6, 6.07) is 10.3. The molecule has 0 unspecified atom stereocenters. The summed E-state index contributed by atoms with van der Waals surface area (Å²) in [6.45, 7) is 2.14. The van der Waals surface area contributed by atoms with Crippen molar-refractivity contribution in [1.29, 1.82) is 0 Å². The standard InChI is InChI=1S/C13H11BrClN/c1-2-9-4-3-5-10(8-9)12-11(14)6-7-16-13(12)15/h3-8H,2H2,1H3. The van der Waals surface area contributed by atoms with Gasteiger partial charge in [-0.2, -0.15) is 0 Å². The van der Waals surface area contributed by atoms with Gasteiger partial charge < -0.3 is 0 Å². The van der Waals surface area contributed by atoms with Gasteiger partial charge in [-0.15, -0.1) is 0 Å². The molecule has 16 heavy (non-hydrogen) atoms. The molecule has 0 bridgehead atoms. The van der Waals surface area contributed by atoms with Gasteiger partial charge in [-0.25, -0.2) is 4.98 Å². The van der Waals surface area contributed by atoms with E-state index in [9.17, 15) is 0 Å². The van der Waals surface area contributed by atoms with Crippen LogP contribution >= 0.6 is 27.5 Å². The maximum absolute atomic E-state index is 6.12. The van der Waals surface area contributed by atoms with Gasteiger partial charge in [0.05, 0.1) is 0 Å². The second-order valence-electron chi connectivity index (χ2n) is 3.51. The van der Waals surface area contributed by atoms with Gasteiger partial charge in [-0.3, -0.25) is 0 Å². The molecule has 3 heteroatoms. The maximum atomic E-state index is 6.12. The van der Waals surface area contributed by atoms with Gasteiger partial charge >= 0.3 is 0 Å². The predicted molar refractivity (Wildman–Crippen MR) is 71.8 cm³/mol. The minimum atomic E-state index is 0.530. The third-order valence-electron chi connectivity index (χ3n) is 2.48. The second kappa shape index (κ2) is 4.98. The van der Waals surface area contributed by atoms with Gasteiger partial charge in [0.2, 0.25) is 0 Å². The maximum Gasteiger partial charge on any atom is 0.137 e. The lowest BCUT2D eigenvalue weighted by atomic mass is 10.0. The molecule has 0 aliphatic heterocycles. The van der Waals surface area contributed by atoms with Crippen molar-refractivity contribution >= 4 is 27.5 Å². The Kier molecular flexibility index (Phi) is 3.62. The zero-order valence-electron chi connectivity index (χ0n) is 8.87. The van der Waals surface area contributed by atoms with E-state index < -0.39 is 0 Å². The van der Waals surface area contributed by atoms with Crippen molar-refractivity contribution in [2.24, 2.45) is 0 Å². The van der Waals surface area contributed by atoms with Crippen molar-refractivity contribution in [2.75, 3.05) is 0 Å². The third kappa shape index (κ3) is 2.28. The lowest BCUT2D eigenvalue weighted by Crippen LogP contribution is -1.87. The van der Waals surface area contributed by atoms with Crippen LogP contribution < -0.4 is 0 Å². The van der Waals surface area contributed by atoms with E-state index >= 15 is 0 Å². The molecule has 1 nitrogen and oxygen atoms in total. The zero-order chi connectivity index (χ0) is 11.5. The Morgan fingerprint density at radius 3 is 2.81 bits per heavy atom. The average molecular weight is 297 g/mol. The van der Waals surface area contributed by atoms with Gasteiger partial charge in [0, 0.05) is 16.2 Å². The van der Waals surface area contributed by atoms with E-state index in [2.05, 4.69) is 40.0 Å². The molecule has 2 aromatic rings. The highest BCUT2D eigenvalue weighted by Gasteiger charge is 2.08. The first kappa shape index (κ1) is 11.6. The molecule has 0 aliphatic carbocycles. The first-order valence-electron chi connectivity index (χ1n) is 5.11. The van der Waals surface area contributed by atoms with E-state index in [0.29, 0.717) is 5.15 Å². The van der Waals surface area contributed by atoms with E-state index in [1.54, 1.807) is 6.20 Å². The van der Waals surface area contributed by atoms with Crippen molar-refractivity contribution in [2.45, 2.75) is 13.3 Å². The molecule has 0 saturated heterocycles. The normalized spacial score (nSPS) is 10.4. The van der Waals surface area contributed by atoms with E-state index in [1.807, 2.05) is 18.2 Å². The van der Waals surface area contributed by atoms with Crippen LogP contribution in [-0.4, -0.2) is 4.98 Å². The fraction of sp³-hybridized carbons (Fsp3) is 0.154. The number of benzene rings is 1. The van der Waals surface area contributed by atoms with E-state index in [0.717, 1.165) is 22.0 Å².